The molecule has 2 amide bonds. The van der Waals surface area contributed by atoms with E-state index >= 15 is 0 Å². The summed E-state index contributed by atoms with van der Waals surface area (Å²) in [6.07, 6.45) is 1.93. The Morgan fingerprint density at radius 2 is 1.77 bits per heavy atom. The van der Waals surface area contributed by atoms with Gasteiger partial charge in [-0.1, -0.05) is 12.1 Å². The van der Waals surface area contributed by atoms with E-state index in [1.165, 1.54) is 4.90 Å². The van der Waals surface area contributed by atoms with Crippen LogP contribution in [0.5, 0.6) is 5.75 Å². The van der Waals surface area contributed by atoms with E-state index in [1.807, 2.05) is 24.3 Å². The van der Waals surface area contributed by atoms with Crippen molar-refractivity contribution >= 4 is 28.6 Å². The van der Waals surface area contributed by atoms with Gasteiger partial charge in [-0.15, -0.1) is 0 Å². The summed E-state index contributed by atoms with van der Waals surface area (Å²) in [5.41, 5.74) is 2.28. The minimum atomic E-state index is -0.399. The van der Waals surface area contributed by atoms with Crippen molar-refractivity contribution in [2.45, 2.75) is 31.2 Å². The van der Waals surface area contributed by atoms with E-state index in [0.717, 1.165) is 42.9 Å². The first kappa shape index (κ1) is 18.8. The molecule has 1 aromatic heterocycles. The summed E-state index contributed by atoms with van der Waals surface area (Å²) >= 11 is 0. The number of likely N-dealkylation sites (tertiary alicyclic amines) is 1. The molecule has 0 spiro atoms. The number of anilines is 1. The second kappa shape index (κ2) is 7.57. The lowest BCUT2D eigenvalue weighted by molar-refractivity contribution is -0.123. The third-order valence-corrected chi connectivity index (χ3v) is 6.08. The number of amides is 2. The number of hydrogen-bond donors (Lipinski definition) is 0. The molecule has 1 atom stereocenters. The lowest BCUT2D eigenvalue weighted by Gasteiger charge is -2.33. The van der Waals surface area contributed by atoms with Crippen LogP contribution < -0.4 is 9.64 Å². The lowest BCUT2D eigenvalue weighted by Crippen LogP contribution is -2.45. The van der Waals surface area contributed by atoms with Gasteiger partial charge >= 0.3 is 0 Å². The molecule has 2 fully saturated rings. The average Bonchev–Trinajstić information content (AvgIpc) is 3.34. The van der Waals surface area contributed by atoms with E-state index in [-0.39, 0.29) is 24.2 Å². The van der Waals surface area contributed by atoms with E-state index in [9.17, 15) is 9.59 Å². The molecule has 5 rings (SSSR count). The summed E-state index contributed by atoms with van der Waals surface area (Å²) in [5, 5.41) is 0. The highest BCUT2D eigenvalue weighted by molar-refractivity contribution is 6.22. The maximum atomic E-state index is 13.0. The Kier molecular flexibility index (Phi) is 4.75. The molecule has 3 heterocycles. The van der Waals surface area contributed by atoms with Crippen LogP contribution in [0.4, 0.5) is 5.69 Å². The second-order valence-corrected chi connectivity index (χ2v) is 7.82. The molecule has 0 N–H and O–H groups in total. The van der Waals surface area contributed by atoms with Crippen LogP contribution in [0.2, 0.25) is 0 Å². The Bertz CT molecular complexity index is 1050. The smallest absolute Gasteiger partial charge is 0.251 e. The molecular formula is C23H23N3O4. The monoisotopic (exact) mass is 405 g/mol. The molecule has 2 saturated heterocycles. The van der Waals surface area contributed by atoms with Gasteiger partial charge in [0.15, 0.2) is 11.5 Å². The number of imide groups is 1. The predicted molar refractivity (Wildman–Crippen MR) is 111 cm³/mol. The Balaban J connectivity index is 1.26. The Morgan fingerprint density at radius 3 is 2.47 bits per heavy atom. The fourth-order valence-corrected chi connectivity index (χ4v) is 4.43. The number of nitrogens with zero attached hydrogens (tertiary/aromatic N) is 3. The molecule has 30 heavy (non-hydrogen) atoms. The number of benzene rings is 2. The standard InChI is InChI=1S/C23H23N3O4/c1-29-17-8-6-16(7-9-17)26-21(27)14-19(23(26)28)25-12-10-15(11-13-25)22-24-18-4-2-3-5-20(18)30-22/h2-9,15,19H,10-14H2,1H3/t19-/m0/s1. The molecule has 0 aliphatic carbocycles. The number of rotatable bonds is 4. The first-order chi connectivity index (χ1) is 14.6. The van der Waals surface area contributed by atoms with Crippen molar-refractivity contribution in [3.63, 3.8) is 0 Å². The van der Waals surface area contributed by atoms with Gasteiger partial charge in [0, 0.05) is 5.92 Å². The number of ether oxygens (including phenoxy) is 1. The van der Waals surface area contributed by atoms with E-state index in [0.29, 0.717) is 11.4 Å². The molecule has 0 saturated carbocycles. The van der Waals surface area contributed by atoms with E-state index in [4.69, 9.17) is 9.15 Å². The van der Waals surface area contributed by atoms with Gasteiger partial charge in [0.25, 0.3) is 5.91 Å². The Hall–Kier alpha value is -3.19. The number of aromatic nitrogens is 1. The predicted octanol–water partition coefficient (Wildman–Crippen LogP) is 3.35. The van der Waals surface area contributed by atoms with Crippen LogP contribution >= 0.6 is 0 Å². The van der Waals surface area contributed by atoms with Gasteiger partial charge in [-0.05, 0) is 62.3 Å². The Morgan fingerprint density at radius 1 is 1.03 bits per heavy atom. The molecule has 3 aromatic rings. The first-order valence-corrected chi connectivity index (χ1v) is 10.2. The first-order valence-electron chi connectivity index (χ1n) is 10.2. The van der Waals surface area contributed by atoms with Gasteiger partial charge in [-0.3, -0.25) is 14.5 Å². The normalized spacial score (nSPS) is 21.0. The van der Waals surface area contributed by atoms with E-state index < -0.39 is 6.04 Å². The Labute approximate surface area is 174 Å². The van der Waals surface area contributed by atoms with Crippen molar-refractivity contribution < 1.29 is 18.7 Å². The highest BCUT2D eigenvalue weighted by Crippen LogP contribution is 2.33. The molecule has 7 heteroatoms. The van der Waals surface area contributed by atoms with Gasteiger partial charge in [0.1, 0.15) is 11.3 Å². The SMILES string of the molecule is COc1ccc(N2C(=O)C[C@H](N3CCC(c4nc5ccccc5o4)CC3)C2=O)cc1. The van der Waals surface area contributed by atoms with Gasteiger partial charge in [0.05, 0.1) is 25.3 Å². The summed E-state index contributed by atoms with van der Waals surface area (Å²) in [7, 11) is 1.59. The van der Waals surface area contributed by atoms with Crippen molar-refractivity contribution in [1.82, 2.24) is 9.88 Å². The van der Waals surface area contributed by atoms with Crippen LogP contribution in [0.15, 0.2) is 52.9 Å². The lowest BCUT2D eigenvalue weighted by atomic mass is 9.95. The highest BCUT2D eigenvalue weighted by Gasteiger charge is 2.43. The minimum absolute atomic E-state index is 0.148. The highest BCUT2D eigenvalue weighted by atomic mass is 16.5. The van der Waals surface area contributed by atoms with Gasteiger partial charge in [-0.2, -0.15) is 0 Å². The van der Waals surface area contributed by atoms with Crippen LogP contribution in [0.3, 0.4) is 0 Å². The molecule has 7 nitrogen and oxygen atoms in total. The summed E-state index contributed by atoms with van der Waals surface area (Å²) in [4.78, 5) is 33.7. The zero-order chi connectivity index (χ0) is 20.7. The average molecular weight is 405 g/mol. The summed E-state index contributed by atoms with van der Waals surface area (Å²) in [5.74, 6) is 1.39. The summed E-state index contributed by atoms with van der Waals surface area (Å²) < 4.78 is 11.1. The van der Waals surface area contributed by atoms with Gasteiger partial charge in [-0.25, -0.2) is 9.88 Å². The molecule has 2 aliphatic heterocycles. The summed E-state index contributed by atoms with van der Waals surface area (Å²) in [6, 6.07) is 14.4. The number of carbonyl (C=O) groups excluding carboxylic acids is 2. The minimum Gasteiger partial charge on any atom is -0.497 e. The third kappa shape index (κ3) is 3.25. The van der Waals surface area contributed by atoms with E-state index in [1.54, 1.807) is 31.4 Å². The zero-order valence-electron chi connectivity index (χ0n) is 16.8. The third-order valence-electron chi connectivity index (χ3n) is 6.08. The molecule has 0 radical (unpaired) electrons. The van der Waals surface area contributed by atoms with Gasteiger partial charge in [0.2, 0.25) is 5.91 Å². The van der Waals surface area contributed by atoms with Crippen LogP contribution in [-0.2, 0) is 9.59 Å². The van der Waals surface area contributed by atoms with Crippen LogP contribution in [0.25, 0.3) is 11.1 Å². The zero-order valence-corrected chi connectivity index (χ0v) is 16.8. The summed E-state index contributed by atoms with van der Waals surface area (Å²) in [6.45, 7) is 1.48. The molecule has 2 aliphatic rings. The molecule has 0 unspecified atom stereocenters. The van der Waals surface area contributed by atoms with Crippen molar-refractivity contribution in [3.8, 4) is 5.75 Å². The van der Waals surface area contributed by atoms with E-state index in [2.05, 4.69) is 9.88 Å². The number of piperidine rings is 1. The van der Waals surface area contributed by atoms with Crippen molar-refractivity contribution in [2.75, 3.05) is 25.1 Å². The number of para-hydroxylation sites is 2. The number of methoxy groups -OCH3 is 1. The van der Waals surface area contributed by atoms with Gasteiger partial charge < -0.3 is 9.15 Å². The number of oxazole rings is 1. The molecule has 2 aromatic carbocycles. The quantitative estimate of drug-likeness (QED) is 0.620. The fraction of sp³-hybridized carbons (Fsp3) is 0.348. The van der Waals surface area contributed by atoms with Crippen LogP contribution in [0, 0.1) is 0 Å². The largest absolute Gasteiger partial charge is 0.497 e. The van der Waals surface area contributed by atoms with Crippen molar-refractivity contribution in [2.24, 2.45) is 0 Å². The molecule has 154 valence electrons. The molecule has 0 bridgehead atoms. The maximum Gasteiger partial charge on any atom is 0.251 e. The number of carbonyl (C=O) groups is 2. The second-order valence-electron chi connectivity index (χ2n) is 7.82. The van der Waals surface area contributed by atoms with Crippen molar-refractivity contribution in [3.05, 3.63) is 54.4 Å². The number of hydrogen-bond acceptors (Lipinski definition) is 6. The number of fused-ring (bicyclic) bond motifs is 1. The van der Waals surface area contributed by atoms with Crippen LogP contribution in [-0.4, -0.2) is 47.9 Å². The van der Waals surface area contributed by atoms with Crippen molar-refractivity contribution in [1.29, 1.82) is 0 Å². The van der Waals surface area contributed by atoms with Crippen LogP contribution in [0.1, 0.15) is 31.1 Å². The topological polar surface area (TPSA) is 75.9 Å². The fourth-order valence-electron chi connectivity index (χ4n) is 4.43. The maximum absolute atomic E-state index is 13.0. The molecular weight excluding hydrogens is 382 g/mol.